The van der Waals surface area contributed by atoms with E-state index in [4.69, 9.17) is 14.2 Å². The minimum absolute atomic E-state index is 0.0871. The number of hydrogen-bond acceptors (Lipinski definition) is 6. The van der Waals surface area contributed by atoms with Crippen molar-refractivity contribution in [2.75, 3.05) is 13.2 Å². The summed E-state index contributed by atoms with van der Waals surface area (Å²) in [6.45, 7) is 6.43. The van der Waals surface area contributed by atoms with Gasteiger partial charge in [0, 0.05) is 19.3 Å². The SMILES string of the molecule is CC/C=C\C/C=C\C/C=C\C/C=C\C/C=C\CCCCCCCCCC(=O)OCC(COC(=O)CCCCCCC/C=C\C/C=C\C/C=C\CC)OC(=O)CCCCCCCCCCCCCCCCCCCCCCCCC. The standard InChI is InChI=1S/C73H126O6/c1-4-7-10-13-16-19-22-25-28-30-32-34-36-38-40-42-45-48-51-54-57-60-63-66-72(75)78-69-70(68-77-71(74)65-62-59-56-53-50-47-44-27-24-21-18-15-12-9-6-3)79-73(76)67-64-61-58-55-52-49-46-43-41-39-37-35-33-31-29-26-23-20-17-14-11-8-5-2/h7,9-10,12,16,18-19,21,25,27-28,32,34,38,40,44,70H,4-6,8,11,13-15,17,20,22-24,26,29-31,33,35-37,39,41-43,45-69H2,1-3H3/b10-7-,12-9-,19-16-,21-18-,28-25-,34-32-,40-38-,44-27-. The van der Waals surface area contributed by atoms with Crippen LogP contribution in [0.2, 0.25) is 0 Å². The molecule has 6 nitrogen and oxygen atoms in total. The first-order valence-electron chi connectivity index (χ1n) is 33.7. The molecule has 0 saturated carbocycles. The second-order valence-corrected chi connectivity index (χ2v) is 22.3. The van der Waals surface area contributed by atoms with Crippen molar-refractivity contribution < 1.29 is 28.6 Å². The molecule has 6 heteroatoms. The molecule has 0 N–H and O–H groups in total. The number of unbranched alkanes of at least 4 members (excludes halogenated alkanes) is 34. The Morgan fingerprint density at radius 2 is 0.494 bits per heavy atom. The maximum absolute atomic E-state index is 13.0. The van der Waals surface area contributed by atoms with Crippen LogP contribution in [0.5, 0.6) is 0 Å². The lowest BCUT2D eigenvalue weighted by molar-refractivity contribution is -0.167. The molecule has 1 atom stereocenters. The molecule has 0 amide bonds. The van der Waals surface area contributed by atoms with Crippen molar-refractivity contribution in [1.82, 2.24) is 0 Å². The van der Waals surface area contributed by atoms with Gasteiger partial charge in [-0.05, 0) is 96.3 Å². The number of esters is 3. The first-order chi connectivity index (χ1) is 39.0. The Hall–Kier alpha value is -3.67. The van der Waals surface area contributed by atoms with Crippen LogP contribution in [0.4, 0.5) is 0 Å². The van der Waals surface area contributed by atoms with Gasteiger partial charge in [0.15, 0.2) is 6.10 Å². The Morgan fingerprint density at radius 3 is 0.772 bits per heavy atom. The fraction of sp³-hybridized carbons (Fsp3) is 0.740. The molecule has 0 spiro atoms. The van der Waals surface area contributed by atoms with Gasteiger partial charge in [0.05, 0.1) is 0 Å². The van der Waals surface area contributed by atoms with Crippen LogP contribution in [0, 0.1) is 0 Å². The first kappa shape index (κ1) is 75.3. The van der Waals surface area contributed by atoms with E-state index in [2.05, 4.69) is 118 Å². The van der Waals surface area contributed by atoms with Crippen LogP contribution in [-0.2, 0) is 28.6 Å². The summed E-state index contributed by atoms with van der Waals surface area (Å²) in [5, 5.41) is 0. The normalized spacial score (nSPS) is 12.7. The average molecular weight is 1100 g/mol. The zero-order chi connectivity index (χ0) is 57.1. The smallest absolute Gasteiger partial charge is 0.306 e. The Labute approximate surface area is 489 Å². The van der Waals surface area contributed by atoms with E-state index < -0.39 is 6.10 Å². The number of rotatable bonds is 61. The highest BCUT2D eigenvalue weighted by molar-refractivity contribution is 5.71. The summed E-state index contributed by atoms with van der Waals surface area (Å²) in [5.41, 5.74) is 0. The first-order valence-corrected chi connectivity index (χ1v) is 33.7. The zero-order valence-corrected chi connectivity index (χ0v) is 52.1. The van der Waals surface area contributed by atoms with Gasteiger partial charge in [-0.2, -0.15) is 0 Å². The molecule has 0 aliphatic heterocycles. The van der Waals surface area contributed by atoms with Crippen LogP contribution < -0.4 is 0 Å². The minimum Gasteiger partial charge on any atom is -0.462 e. The van der Waals surface area contributed by atoms with Crippen molar-refractivity contribution in [3.63, 3.8) is 0 Å². The molecule has 0 aromatic carbocycles. The summed E-state index contributed by atoms with van der Waals surface area (Å²) in [7, 11) is 0. The van der Waals surface area contributed by atoms with Gasteiger partial charge in [-0.3, -0.25) is 14.4 Å². The van der Waals surface area contributed by atoms with Gasteiger partial charge in [0.2, 0.25) is 0 Å². The van der Waals surface area contributed by atoms with E-state index in [-0.39, 0.29) is 31.1 Å². The van der Waals surface area contributed by atoms with Crippen LogP contribution >= 0.6 is 0 Å². The lowest BCUT2D eigenvalue weighted by Crippen LogP contribution is -2.30. The van der Waals surface area contributed by atoms with Gasteiger partial charge < -0.3 is 14.2 Å². The summed E-state index contributed by atoms with van der Waals surface area (Å²) >= 11 is 0. The van der Waals surface area contributed by atoms with E-state index in [1.807, 2.05) is 0 Å². The molecular weight excluding hydrogens is 973 g/mol. The molecule has 0 heterocycles. The van der Waals surface area contributed by atoms with Crippen LogP contribution in [0.25, 0.3) is 0 Å². The van der Waals surface area contributed by atoms with Crippen molar-refractivity contribution in [1.29, 1.82) is 0 Å². The fourth-order valence-corrected chi connectivity index (χ4v) is 9.60. The van der Waals surface area contributed by atoms with Gasteiger partial charge in [-0.1, -0.05) is 311 Å². The monoisotopic (exact) mass is 1100 g/mol. The second-order valence-electron chi connectivity index (χ2n) is 22.3. The quantitative estimate of drug-likeness (QED) is 0.0261. The van der Waals surface area contributed by atoms with E-state index in [1.54, 1.807) is 0 Å². The summed E-state index contributed by atoms with van der Waals surface area (Å²) in [5.74, 6) is -0.899. The molecule has 0 aliphatic rings. The van der Waals surface area contributed by atoms with Crippen molar-refractivity contribution in [3.8, 4) is 0 Å². The molecule has 0 radical (unpaired) electrons. The molecule has 0 saturated heterocycles. The molecule has 0 bridgehead atoms. The highest BCUT2D eigenvalue weighted by Crippen LogP contribution is 2.17. The highest BCUT2D eigenvalue weighted by atomic mass is 16.6. The van der Waals surface area contributed by atoms with Crippen molar-refractivity contribution in [2.24, 2.45) is 0 Å². The largest absolute Gasteiger partial charge is 0.462 e. The third kappa shape index (κ3) is 65.0. The predicted molar refractivity (Wildman–Crippen MR) is 344 cm³/mol. The molecule has 0 aromatic heterocycles. The van der Waals surface area contributed by atoms with E-state index in [1.165, 1.54) is 154 Å². The van der Waals surface area contributed by atoms with Crippen LogP contribution in [-0.4, -0.2) is 37.2 Å². The molecule has 0 aliphatic carbocycles. The maximum Gasteiger partial charge on any atom is 0.306 e. The Morgan fingerprint density at radius 1 is 0.266 bits per heavy atom. The lowest BCUT2D eigenvalue weighted by Gasteiger charge is -2.18. The summed E-state index contributed by atoms with van der Waals surface area (Å²) in [6.07, 6.45) is 89.9. The number of allylic oxidation sites excluding steroid dienone is 16. The molecule has 0 aromatic rings. The second kappa shape index (κ2) is 66.8. The maximum atomic E-state index is 13.0. The molecule has 0 rings (SSSR count). The van der Waals surface area contributed by atoms with Gasteiger partial charge in [-0.15, -0.1) is 0 Å². The highest BCUT2D eigenvalue weighted by Gasteiger charge is 2.19. The predicted octanol–water partition coefficient (Wildman–Crippen LogP) is 23.2. The van der Waals surface area contributed by atoms with E-state index >= 15 is 0 Å². The third-order valence-corrected chi connectivity index (χ3v) is 14.6. The van der Waals surface area contributed by atoms with Gasteiger partial charge in [-0.25, -0.2) is 0 Å². The summed E-state index contributed by atoms with van der Waals surface area (Å²) < 4.78 is 17.0. The van der Waals surface area contributed by atoms with Crippen LogP contribution in [0.3, 0.4) is 0 Å². The van der Waals surface area contributed by atoms with Crippen molar-refractivity contribution in [3.05, 3.63) is 97.2 Å². The number of hydrogen-bond donors (Lipinski definition) is 0. The van der Waals surface area contributed by atoms with E-state index in [9.17, 15) is 14.4 Å². The molecule has 79 heavy (non-hydrogen) atoms. The summed E-state index contributed by atoms with van der Waals surface area (Å²) in [6, 6.07) is 0. The van der Waals surface area contributed by atoms with Gasteiger partial charge in [0.1, 0.15) is 13.2 Å². The van der Waals surface area contributed by atoms with Crippen molar-refractivity contribution >= 4 is 17.9 Å². The van der Waals surface area contributed by atoms with Gasteiger partial charge >= 0.3 is 17.9 Å². The van der Waals surface area contributed by atoms with E-state index in [0.29, 0.717) is 19.3 Å². The third-order valence-electron chi connectivity index (χ3n) is 14.6. The fourth-order valence-electron chi connectivity index (χ4n) is 9.60. The Bertz CT molecular complexity index is 1540. The number of carbonyl (C=O) groups is 3. The molecule has 454 valence electrons. The topological polar surface area (TPSA) is 78.9 Å². The van der Waals surface area contributed by atoms with Crippen LogP contribution in [0.15, 0.2) is 97.2 Å². The number of ether oxygens (including phenoxy) is 3. The van der Waals surface area contributed by atoms with Crippen molar-refractivity contribution in [2.45, 2.75) is 335 Å². The number of carbonyl (C=O) groups excluding carboxylic acids is 3. The average Bonchev–Trinajstić information content (AvgIpc) is 3.45. The van der Waals surface area contributed by atoms with Gasteiger partial charge in [0.25, 0.3) is 0 Å². The molecule has 1 unspecified atom stereocenters. The molecule has 0 fully saturated rings. The Kier molecular flexibility index (Phi) is 63.7. The summed E-state index contributed by atoms with van der Waals surface area (Å²) in [4.78, 5) is 38.4. The minimum atomic E-state index is -0.791. The Balaban J connectivity index is 4.36. The molecular formula is C73H126O6. The van der Waals surface area contributed by atoms with E-state index in [0.717, 1.165) is 135 Å². The zero-order valence-electron chi connectivity index (χ0n) is 52.1. The van der Waals surface area contributed by atoms with Crippen LogP contribution in [0.1, 0.15) is 329 Å². The lowest BCUT2D eigenvalue weighted by atomic mass is 10.0.